The Hall–Kier alpha value is -4.26. The Morgan fingerprint density at radius 1 is 0.872 bits per heavy atom. The second-order valence-corrected chi connectivity index (χ2v) is 10.5. The van der Waals surface area contributed by atoms with Crippen LogP contribution in [-0.2, 0) is 9.59 Å². The normalized spacial score (nSPS) is 16.7. The Balaban J connectivity index is 1.79. The SMILES string of the molecule is CC(C)COc1ccc(/C(O)=C2\C(=O)C(=O)N(c3ccc(N(C)C)cc3)C2c2ccc(OC(C)C)cc2)cc1. The molecule has 0 aromatic heterocycles. The highest BCUT2D eigenvalue weighted by Crippen LogP contribution is 2.43. The average Bonchev–Trinajstić information content (AvgIpc) is 3.17. The van der Waals surface area contributed by atoms with Gasteiger partial charge in [-0.25, -0.2) is 0 Å². The van der Waals surface area contributed by atoms with Crippen molar-refractivity contribution in [3.05, 3.63) is 89.5 Å². The fourth-order valence-corrected chi connectivity index (χ4v) is 4.45. The second-order valence-electron chi connectivity index (χ2n) is 10.5. The van der Waals surface area contributed by atoms with Gasteiger partial charge in [0.2, 0.25) is 0 Å². The Labute approximate surface area is 230 Å². The van der Waals surface area contributed by atoms with Gasteiger partial charge in [0, 0.05) is 31.0 Å². The maximum atomic E-state index is 13.5. The second kappa shape index (κ2) is 11.6. The first-order valence-corrected chi connectivity index (χ1v) is 13.1. The van der Waals surface area contributed by atoms with E-state index in [9.17, 15) is 14.7 Å². The number of ketones is 1. The lowest BCUT2D eigenvalue weighted by molar-refractivity contribution is -0.132. The molecule has 1 aliphatic rings. The van der Waals surface area contributed by atoms with Crippen LogP contribution >= 0.6 is 0 Å². The summed E-state index contributed by atoms with van der Waals surface area (Å²) in [7, 11) is 3.86. The van der Waals surface area contributed by atoms with Crippen molar-refractivity contribution in [1.29, 1.82) is 0 Å². The number of anilines is 2. The lowest BCUT2D eigenvalue weighted by atomic mass is 9.95. The molecule has 1 amide bonds. The van der Waals surface area contributed by atoms with E-state index in [1.807, 2.05) is 81.4 Å². The Morgan fingerprint density at radius 3 is 2.00 bits per heavy atom. The maximum absolute atomic E-state index is 13.5. The van der Waals surface area contributed by atoms with Crippen LogP contribution < -0.4 is 19.3 Å². The van der Waals surface area contributed by atoms with Crippen LogP contribution in [0.3, 0.4) is 0 Å². The van der Waals surface area contributed by atoms with Gasteiger partial charge in [-0.3, -0.25) is 14.5 Å². The molecule has 7 nitrogen and oxygen atoms in total. The zero-order valence-corrected chi connectivity index (χ0v) is 23.3. The van der Waals surface area contributed by atoms with Crippen molar-refractivity contribution >= 4 is 28.8 Å². The zero-order valence-electron chi connectivity index (χ0n) is 23.3. The van der Waals surface area contributed by atoms with Crippen molar-refractivity contribution in [2.75, 3.05) is 30.5 Å². The molecule has 1 fully saturated rings. The minimum Gasteiger partial charge on any atom is -0.507 e. The lowest BCUT2D eigenvalue weighted by Crippen LogP contribution is -2.29. The summed E-state index contributed by atoms with van der Waals surface area (Å²) < 4.78 is 11.5. The predicted molar refractivity (Wildman–Crippen MR) is 155 cm³/mol. The summed E-state index contributed by atoms with van der Waals surface area (Å²) in [6.45, 7) is 8.59. The summed E-state index contributed by atoms with van der Waals surface area (Å²) in [5.41, 5.74) is 2.66. The molecule has 39 heavy (non-hydrogen) atoms. The smallest absolute Gasteiger partial charge is 0.300 e. The topological polar surface area (TPSA) is 79.3 Å². The summed E-state index contributed by atoms with van der Waals surface area (Å²) >= 11 is 0. The van der Waals surface area contributed by atoms with Crippen LogP contribution in [0.2, 0.25) is 0 Å². The third-order valence-electron chi connectivity index (χ3n) is 6.37. The van der Waals surface area contributed by atoms with Crippen molar-refractivity contribution in [3.8, 4) is 11.5 Å². The van der Waals surface area contributed by atoms with Crippen LogP contribution in [0.15, 0.2) is 78.4 Å². The van der Waals surface area contributed by atoms with E-state index < -0.39 is 17.7 Å². The van der Waals surface area contributed by atoms with Gasteiger partial charge in [-0.1, -0.05) is 26.0 Å². The monoisotopic (exact) mass is 528 g/mol. The molecule has 0 spiro atoms. The van der Waals surface area contributed by atoms with E-state index in [4.69, 9.17) is 9.47 Å². The van der Waals surface area contributed by atoms with Crippen LogP contribution in [0.25, 0.3) is 5.76 Å². The van der Waals surface area contributed by atoms with E-state index in [2.05, 4.69) is 13.8 Å². The number of carbonyl (C=O) groups is 2. The fourth-order valence-electron chi connectivity index (χ4n) is 4.45. The number of ether oxygens (including phenoxy) is 2. The van der Waals surface area contributed by atoms with Gasteiger partial charge in [-0.15, -0.1) is 0 Å². The van der Waals surface area contributed by atoms with Crippen LogP contribution in [0.1, 0.15) is 44.9 Å². The molecule has 1 atom stereocenters. The van der Waals surface area contributed by atoms with Gasteiger partial charge in [0.1, 0.15) is 17.3 Å². The molecular weight excluding hydrogens is 492 g/mol. The lowest BCUT2D eigenvalue weighted by Gasteiger charge is -2.26. The van der Waals surface area contributed by atoms with Crippen LogP contribution in [0.4, 0.5) is 11.4 Å². The quantitative estimate of drug-likeness (QED) is 0.202. The van der Waals surface area contributed by atoms with Crippen molar-refractivity contribution in [2.24, 2.45) is 5.92 Å². The number of carbonyl (C=O) groups excluding carboxylic acids is 2. The predicted octanol–water partition coefficient (Wildman–Crippen LogP) is 6.20. The molecule has 0 saturated carbocycles. The molecule has 0 aliphatic carbocycles. The molecule has 0 bridgehead atoms. The number of aliphatic hydroxyl groups is 1. The van der Waals surface area contributed by atoms with Crippen LogP contribution in [0, 0.1) is 5.92 Å². The molecule has 1 aliphatic heterocycles. The van der Waals surface area contributed by atoms with E-state index in [1.165, 1.54) is 4.90 Å². The summed E-state index contributed by atoms with van der Waals surface area (Å²) in [5, 5.41) is 11.4. The highest BCUT2D eigenvalue weighted by atomic mass is 16.5. The Morgan fingerprint density at radius 2 is 1.46 bits per heavy atom. The van der Waals surface area contributed by atoms with Crippen LogP contribution in [0.5, 0.6) is 11.5 Å². The highest BCUT2D eigenvalue weighted by molar-refractivity contribution is 6.51. The zero-order chi connectivity index (χ0) is 28.3. The number of rotatable bonds is 9. The molecule has 204 valence electrons. The van der Waals surface area contributed by atoms with E-state index in [-0.39, 0.29) is 17.4 Å². The first-order valence-electron chi connectivity index (χ1n) is 13.1. The number of nitrogens with zero attached hydrogens (tertiary/aromatic N) is 2. The standard InChI is InChI=1S/C32H36N2O5/c1-20(2)19-38-26-15-9-23(10-16-26)30(35)28-29(22-7-17-27(18-8-22)39-21(3)4)34(32(37)31(28)36)25-13-11-24(12-14-25)33(5)6/h7-18,20-21,29,35H,19H2,1-6H3/b30-28+. The van der Waals surface area contributed by atoms with Gasteiger partial charge in [0.25, 0.3) is 11.7 Å². The Kier molecular flexibility index (Phi) is 8.29. The van der Waals surface area contributed by atoms with Crippen LogP contribution in [-0.4, -0.2) is 43.6 Å². The number of hydrogen-bond acceptors (Lipinski definition) is 6. The number of Topliss-reactive ketones (excluding diaryl/α,β-unsaturated/α-hetero) is 1. The molecule has 4 rings (SSSR count). The van der Waals surface area contributed by atoms with E-state index >= 15 is 0 Å². The summed E-state index contributed by atoms with van der Waals surface area (Å²) in [6.07, 6.45) is 0.00388. The average molecular weight is 529 g/mol. The summed E-state index contributed by atoms with van der Waals surface area (Å²) in [4.78, 5) is 30.3. The number of hydrogen-bond donors (Lipinski definition) is 1. The molecule has 7 heteroatoms. The molecule has 0 radical (unpaired) electrons. The van der Waals surface area contributed by atoms with Gasteiger partial charge < -0.3 is 19.5 Å². The van der Waals surface area contributed by atoms with Crippen molar-refractivity contribution < 1.29 is 24.2 Å². The molecule has 1 saturated heterocycles. The third-order valence-corrected chi connectivity index (χ3v) is 6.37. The summed E-state index contributed by atoms with van der Waals surface area (Å²) in [5.74, 6) is 0.0502. The number of benzene rings is 3. The largest absolute Gasteiger partial charge is 0.507 e. The summed E-state index contributed by atoms with van der Waals surface area (Å²) in [6, 6.07) is 20.7. The van der Waals surface area contributed by atoms with Gasteiger partial charge in [-0.05, 0) is 86.0 Å². The molecule has 3 aromatic carbocycles. The molecule has 3 aromatic rings. The van der Waals surface area contributed by atoms with E-state index in [0.717, 1.165) is 5.69 Å². The van der Waals surface area contributed by atoms with Crippen molar-refractivity contribution in [3.63, 3.8) is 0 Å². The first-order chi connectivity index (χ1) is 18.6. The molecule has 1 unspecified atom stereocenters. The molecular formula is C32H36N2O5. The molecule has 1 heterocycles. The number of aliphatic hydroxyl groups excluding tert-OH is 1. The first kappa shape index (κ1) is 27.8. The van der Waals surface area contributed by atoms with Gasteiger partial charge >= 0.3 is 0 Å². The third kappa shape index (κ3) is 6.08. The van der Waals surface area contributed by atoms with Gasteiger partial charge in [0.15, 0.2) is 0 Å². The van der Waals surface area contributed by atoms with E-state index in [0.29, 0.717) is 40.8 Å². The number of amides is 1. The van der Waals surface area contributed by atoms with Gasteiger partial charge in [0.05, 0.1) is 24.3 Å². The Bertz CT molecular complexity index is 1340. The maximum Gasteiger partial charge on any atom is 0.300 e. The molecule has 1 N–H and O–H groups in total. The highest BCUT2D eigenvalue weighted by Gasteiger charge is 2.47. The van der Waals surface area contributed by atoms with Crippen molar-refractivity contribution in [2.45, 2.75) is 39.8 Å². The van der Waals surface area contributed by atoms with Crippen molar-refractivity contribution in [1.82, 2.24) is 0 Å². The fraction of sp³-hybridized carbons (Fsp3) is 0.312. The minimum absolute atomic E-state index is 0.00388. The minimum atomic E-state index is -0.819. The van der Waals surface area contributed by atoms with E-state index in [1.54, 1.807) is 24.3 Å². The van der Waals surface area contributed by atoms with Gasteiger partial charge in [-0.2, -0.15) is 0 Å².